The Morgan fingerprint density at radius 1 is 0.441 bits per heavy atom. The van der Waals surface area contributed by atoms with Gasteiger partial charge in [0.05, 0.1) is 0 Å². The van der Waals surface area contributed by atoms with E-state index in [0.29, 0.717) is 0 Å². The summed E-state index contributed by atoms with van der Waals surface area (Å²) in [6, 6.07) is 6.81. The first-order valence-corrected chi connectivity index (χ1v) is 15.9. The second-order valence-corrected chi connectivity index (χ2v) is 10.9. The van der Waals surface area contributed by atoms with E-state index in [0.717, 1.165) is 0 Å². The fraction of sp³-hybridized carbons (Fsp3) is 0.848. The van der Waals surface area contributed by atoms with Crippen LogP contribution in [-0.4, -0.2) is 0 Å². The van der Waals surface area contributed by atoms with Crippen molar-refractivity contribution < 1.29 is 4.57 Å². The van der Waals surface area contributed by atoms with Gasteiger partial charge in [0, 0.05) is 25.0 Å². The summed E-state index contributed by atoms with van der Waals surface area (Å²) in [6.07, 6.45) is 38.0. The van der Waals surface area contributed by atoms with Crippen molar-refractivity contribution in [3.05, 3.63) is 30.1 Å². The normalized spacial score (nSPS) is 11.4. The highest BCUT2D eigenvalue weighted by Gasteiger charge is 2.08. The van der Waals surface area contributed by atoms with Crippen LogP contribution in [0.3, 0.4) is 0 Å². The van der Waals surface area contributed by atoms with Crippen molar-refractivity contribution >= 4 is 0 Å². The third-order valence-electron chi connectivity index (χ3n) is 7.57. The summed E-state index contributed by atoms with van der Waals surface area (Å²) < 4.78 is 2.54. The van der Waals surface area contributed by atoms with E-state index in [2.05, 4.69) is 42.8 Å². The fourth-order valence-electron chi connectivity index (χ4n) is 5.23. The van der Waals surface area contributed by atoms with Gasteiger partial charge in [-0.15, -0.1) is 0 Å². The molecular formula is C33H62N+. The highest BCUT2D eigenvalue weighted by atomic mass is 14.9. The minimum atomic E-state index is 1.21. The average Bonchev–Trinajstić information content (AvgIpc) is 2.86. The lowest BCUT2D eigenvalue weighted by Gasteiger charge is -2.05. The van der Waals surface area contributed by atoms with E-state index in [1.165, 1.54) is 167 Å². The molecule has 0 unspecified atom stereocenters. The number of aromatic nitrogens is 1. The van der Waals surface area contributed by atoms with E-state index in [-0.39, 0.29) is 0 Å². The molecule has 198 valence electrons. The molecule has 0 atom stereocenters. The molecule has 0 aliphatic rings. The van der Waals surface area contributed by atoms with E-state index in [4.69, 9.17) is 0 Å². The van der Waals surface area contributed by atoms with E-state index >= 15 is 0 Å². The van der Waals surface area contributed by atoms with Crippen molar-refractivity contribution in [2.75, 3.05) is 0 Å². The summed E-state index contributed by atoms with van der Waals surface area (Å²) in [7, 11) is 0. The summed E-state index contributed by atoms with van der Waals surface area (Å²) in [6.45, 7) is 5.82. The van der Waals surface area contributed by atoms with Gasteiger partial charge in [-0.25, -0.2) is 4.57 Å². The summed E-state index contributed by atoms with van der Waals surface area (Å²) in [5, 5.41) is 0. The van der Waals surface area contributed by atoms with E-state index in [1.807, 2.05) is 0 Å². The van der Waals surface area contributed by atoms with Crippen molar-refractivity contribution in [1.82, 2.24) is 0 Å². The molecule has 1 aromatic heterocycles. The standard InChI is InChI=1S/C33H62N/c1-3-5-7-9-11-13-15-16-17-19-21-23-25-29-33-30-26-28-32-34(33)31-27-24-22-20-18-14-12-10-8-6-4-2/h26,28,30,32H,3-25,27,29,31H2,1-2H3/q+1. The quantitative estimate of drug-likeness (QED) is 0.0932. The Kier molecular flexibility index (Phi) is 23.2. The molecular weight excluding hydrogens is 410 g/mol. The molecule has 0 aromatic carbocycles. The van der Waals surface area contributed by atoms with Gasteiger partial charge >= 0.3 is 0 Å². The smallest absolute Gasteiger partial charge is 0.181 e. The molecule has 0 N–H and O–H groups in total. The van der Waals surface area contributed by atoms with Crippen LogP contribution in [0.15, 0.2) is 24.4 Å². The minimum absolute atomic E-state index is 1.21. The molecule has 1 rings (SSSR count). The largest absolute Gasteiger partial charge is 0.202 e. The van der Waals surface area contributed by atoms with Crippen LogP contribution in [0, 0.1) is 0 Å². The highest BCUT2D eigenvalue weighted by molar-refractivity contribution is 4.97. The van der Waals surface area contributed by atoms with Crippen molar-refractivity contribution in [2.45, 2.75) is 181 Å². The molecule has 0 spiro atoms. The number of hydrogen-bond donors (Lipinski definition) is 0. The molecule has 0 fully saturated rings. The Balaban J connectivity index is 1.96. The van der Waals surface area contributed by atoms with Crippen LogP contribution < -0.4 is 4.57 Å². The lowest BCUT2D eigenvalue weighted by atomic mass is 10.0. The number of unbranched alkanes of at least 4 members (excludes halogenated alkanes) is 22. The van der Waals surface area contributed by atoms with Gasteiger partial charge in [-0.3, -0.25) is 0 Å². The molecule has 1 aromatic rings. The molecule has 0 saturated carbocycles. The van der Waals surface area contributed by atoms with Gasteiger partial charge in [-0.2, -0.15) is 0 Å². The molecule has 0 amide bonds. The first-order chi connectivity index (χ1) is 16.9. The maximum atomic E-state index is 2.54. The lowest BCUT2D eigenvalue weighted by molar-refractivity contribution is -0.704. The molecule has 1 heterocycles. The van der Waals surface area contributed by atoms with Gasteiger partial charge in [0.15, 0.2) is 11.9 Å². The number of hydrogen-bond acceptors (Lipinski definition) is 0. The van der Waals surface area contributed by atoms with Crippen LogP contribution in [0.1, 0.15) is 174 Å². The maximum Gasteiger partial charge on any atom is 0.181 e. The van der Waals surface area contributed by atoms with Gasteiger partial charge in [-0.1, -0.05) is 155 Å². The second-order valence-electron chi connectivity index (χ2n) is 10.9. The van der Waals surface area contributed by atoms with Crippen LogP contribution >= 0.6 is 0 Å². The zero-order chi connectivity index (χ0) is 24.4. The van der Waals surface area contributed by atoms with E-state index in [1.54, 1.807) is 5.69 Å². The van der Waals surface area contributed by atoms with Crippen LogP contribution in [0.5, 0.6) is 0 Å². The van der Waals surface area contributed by atoms with E-state index < -0.39 is 0 Å². The summed E-state index contributed by atoms with van der Waals surface area (Å²) >= 11 is 0. The SMILES string of the molecule is CCCCCCCCCCCCCCCc1cccc[n+]1CCCCCCCCCCCCC. The minimum Gasteiger partial charge on any atom is -0.202 e. The number of aryl methyl sites for hydroxylation is 2. The first kappa shape index (κ1) is 31.2. The topological polar surface area (TPSA) is 3.88 Å². The Bertz CT molecular complexity index is 523. The maximum absolute atomic E-state index is 2.54. The fourth-order valence-corrected chi connectivity index (χ4v) is 5.23. The van der Waals surface area contributed by atoms with Gasteiger partial charge in [0.25, 0.3) is 0 Å². The van der Waals surface area contributed by atoms with Gasteiger partial charge < -0.3 is 0 Å². The summed E-state index contributed by atoms with van der Waals surface area (Å²) in [4.78, 5) is 0. The molecule has 0 radical (unpaired) electrons. The van der Waals surface area contributed by atoms with Gasteiger partial charge in [0.1, 0.15) is 6.54 Å². The van der Waals surface area contributed by atoms with Crippen molar-refractivity contribution in [3.8, 4) is 0 Å². The monoisotopic (exact) mass is 472 g/mol. The zero-order valence-electron chi connectivity index (χ0n) is 23.6. The van der Waals surface area contributed by atoms with Gasteiger partial charge in [0.2, 0.25) is 0 Å². The van der Waals surface area contributed by atoms with Crippen LogP contribution in [0.2, 0.25) is 0 Å². The predicted molar refractivity (Wildman–Crippen MR) is 152 cm³/mol. The average molecular weight is 473 g/mol. The molecule has 1 nitrogen and oxygen atoms in total. The predicted octanol–water partition coefficient (Wildman–Crippen LogP) is 10.9. The molecule has 0 bridgehead atoms. The Morgan fingerprint density at radius 2 is 0.824 bits per heavy atom. The van der Waals surface area contributed by atoms with Crippen molar-refractivity contribution in [1.29, 1.82) is 0 Å². The third kappa shape index (κ3) is 19.5. The lowest BCUT2D eigenvalue weighted by Crippen LogP contribution is -2.37. The number of pyridine rings is 1. The second kappa shape index (κ2) is 25.2. The van der Waals surface area contributed by atoms with Crippen LogP contribution in [-0.2, 0) is 13.0 Å². The summed E-state index contributed by atoms with van der Waals surface area (Å²) in [5.74, 6) is 0. The Labute approximate surface area is 215 Å². The molecule has 0 saturated heterocycles. The third-order valence-corrected chi connectivity index (χ3v) is 7.57. The zero-order valence-corrected chi connectivity index (χ0v) is 23.6. The van der Waals surface area contributed by atoms with Crippen LogP contribution in [0.4, 0.5) is 0 Å². The molecule has 0 aliphatic heterocycles. The first-order valence-electron chi connectivity index (χ1n) is 15.9. The van der Waals surface area contributed by atoms with Crippen molar-refractivity contribution in [3.63, 3.8) is 0 Å². The van der Waals surface area contributed by atoms with E-state index in [9.17, 15) is 0 Å². The van der Waals surface area contributed by atoms with Gasteiger partial charge in [-0.05, 0) is 12.8 Å². The highest BCUT2D eigenvalue weighted by Crippen LogP contribution is 2.14. The Hall–Kier alpha value is -0.850. The number of rotatable bonds is 26. The summed E-state index contributed by atoms with van der Waals surface area (Å²) in [5.41, 5.74) is 1.55. The number of nitrogens with zero attached hydrogens (tertiary/aromatic N) is 1. The molecule has 1 heteroatoms. The van der Waals surface area contributed by atoms with Crippen LogP contribution in [0.25, 0.3) is 0 Å². The molecule has 0 aliphatic carbocycles. The molecule has 34 heavy (non-hydrogen) atoms. The van der Waals surface area contributed by atoms with Crippen molar-refractivity contribution in [2.24, 2.45) is 0 Å². The Morgan fingerprint density at radius 3 is 1.26 bits per heavy atom.